The normalized spacial score (nSPS) is 8.67. The molecule has 1 rings (SSSR count). The number of phenolic OH excluding ortho intramolecular Hbond substituents is 1. The first-order valence-corrected chi connectivity index (χ1v) is 4.59. The zero-order chi connectivity index (χ0) is 9.56. The summed E-state index contributed by atoms with van der Waals surface area (Å²) < 4.78 is 0. The van der Waals surface area contributed by atoms with Gasteiger partial charge in [-0.05, 0) is 24.1 Å². The third kappa shape index (κ3) is 3.14. The van der Waals surface area contributed by atoms with Gasteiger partial charge in [0.05, 0.1) is 5.02 Å². The van der Waals surface area contributed by atoms with Crippen LogP contribution in [0.2, 0.25) is 5.02 Å². The molecule has 0 saturated heterocycles. The molecule has 0 aromatic heterocycles. The number of phenols is 1. The van der Waals surface area contributed by atoms with Gasteiger partial charge in [-0.1, -0.05) is 38.4 Å². The Morgan fingerprint density at radius 1 is 1.33 bits per heavy atom. The minimum Gasteiger partial charge on any atom is -0.506 e. The Morgan fingerprint density at radius 3 is 2.33 bits per heavy atom. The number of rotatable bonds is 1. The lowest BCUT2D eigenvalue weighted by atomic mass is 10.2. The lowest BCUT2D eigenvalue weighted by Crippen LogP contribution is -1.78. The standard InChI is InChI=1S/C8H9ClO.C2H6/c1-2-6-3-4-8(10)7(9)5-6;1-2/h3-5,10H,2H2,1H3;1-2H3. The predicted octanol–water partition coefficient (Wildman–Crippen LogP) is 3.63. The number of hydrogen-bond acceptors (Lipinski definition) is 1. The van der Waals surface area contributed by atoms with Crippen molar-refractivity contribution in [2.75, 3.05) is 0 Å². The van der Waals surface area contributed by atoms with Crippen molar-refractivity contribution in [3.05, 3.63) is 28.8 Å². The van der Waals surface area contributed by atoms with Crippen molar-refractivity contribution in [3.8, 4) is 5.75 Å². The second kappa shape index (κ2) is 5.90. The van der Waals surface area contributed by atoms with Crippen LogP contribution in [0.4, 0.5) is 0 Å². The van der Waals surface area contributed by atoms with Crippen molar-refractivity contribution in [2.45, 2.75) is 27.2 Å². The van der Waals surface area contributed by atoms with E-state index >= 15 is 0 Å². The van der Waals surface area contributed by atoms with Crippen LogP contribution >= 0.6 is 11.6 Å². The molecule has 2 heteroatoms. The monoisotopic (exact) mass is 186 g/mol. The minimum atomic E-state index is 0.152. The Labute approximate surface area is 79.0 Å². The second-order valence-corrected chi connectivity index (χ2v) is 2.55. The summed E-state index contributed by atoms with van der Waals surface area (Å²) in [6.45, 7) is 6.04. The van der Waals surface area contributed by atoms with Crippen molar-refractivity contribution in [1.82, 2.24) is 0 Å². The molecular weight excluding hydrogens is 172 g/mol. The predicted molar refractivity (Wildman–Crippen MR) is 53.8 cm³/mol. The summed E-state index contributed by atoms with van der Waals surface area (Å²) in [6.07, 6.45) is 0.944. The molecule has 0 aliphatic heterocycles. The second-order valence-electron chi connectivity index (χ2n) is 2.14. The summed E-state index contributed by atoms with van der Waals surface area (Å²) >= 11 is 5.64. The summed E-state index contributed by atoms with van der Waals surface area (Å²) in [4.78, 5) is 0. The van der Waals surface area contributed by atoms with Crippen LogP contribution in [0.3, 0.4) is 0 Å². The van der Waals surface area contributed by atoms with Crippen LogP contribution in [0.25, 0.3) is 0 Å². The smallest absolute Gasteiger partial charge is 0.134 e. The molecule has 1 aromatic carbocycles. The molecule has 0 aliphatic carbocycles. The SMILES string of the molecule is CC.CCc1ccc(O)c(Cl)c1. The van der Waals surface area contributed by atoms with E-state index in [9.17, 15) is 0 Å². The molecule has 0 aliphatic rings. The first-order chi connectivity index (χ1) is 5.74. The molecule has 1 nitrogen and oxygen atoms in total. The topological polar surface area (TPSA) is 20.2 Å². The molecular formula is C10H15ClO. The average Bonchev–Trinajstić information content (AvgIpc) is 2.13. The van der Waals surface area contributed by atoms with E-state index in [1.54, 1.807) is 12.1 Å². The van der Waals surface area contributed by atoms with Gasteiger partial charge in [0.15, 0.2) is 0 Å². The van der Waals surface area contributed by atoms with Crippen molar-refractivity contribution >= 4 is 11.6 Å². The Kier molecular flexibility index (Phi) is 5.56. The third-order valence-corrected chi connectivity index (χ3v) is 1.72. The van der Waals surface area contributed by atoms with E-state index in [1.165, 1.54) is 0 Å². The fourth-order valence-corrected chi connectivity index (χ4v) is 0.973. The Balaban J connectivity index is 0.000000561. The first-order valence-electron chi connectivity index (χ1n) is 4.21. The average molecular weight is 187 g/mol. The molecule has 0 bridgehead atoms. The van der Waals surface area contributed by atoms with Crippen LogP contribution in [0, 0.1) is 0 Å². The largest absolute Gasteiger partial charge is 0.506 e. The molecule has 0 radical (unpaired) electrons. The van der Waals surface area contributed by atoms with Gasteiger partial charge in [-0.3, -0.25) is 0 Å². The number of benzene rings is 1. The highest BCUT2D eigenvalue weighted by atomic mass is 35.5. The summed E-state index contributed by atoms with van der Waals surface area (Å²) in [5.74, 6) is 0.152. The van der Waals surface area contributed by atoms with E-state index < -0.39 is 0 Å². The van der Waals surface area contributed by atoms with Crippen LogP contribution in [0.15, 0.2) is 18.2 Å². The van der Waals surface area contributed by atoms with E-state index in [0.717, 1.165) is 12.0 Å². The Morgan fingerprint density at radius 2 is 1.92 bits per heavy atom. The van der Waals surface area contributed by atoms with Crippen LogP contribution in [-0.2, 0) is 6.42 Å². The highest BCUT2D eigenvalue weighted by molar-refractivity contribution is 6.32. The zero-order valence-electron chi connectivity index (χ0n) is 7.76. The van der Waals surface area contributed by atoms with Gasteiger partial charge < -0.3 is 5.11 Å². The van der Waals surface area contributed by atoms with Gasteiger partial charge >= 0.3 is 0 Å². The maximum atomic E-state index is 9.01. The van der Waals surface area contributed by atoms with E-state index in [0.29, 0.717) is 5.02 Å². The molecule has 0 fully saturated rings. The minimum absolute atomic E-state index is 0.152. The first kappa shape index (κ1) is 11.3. The van der Waals surface area contributed by atoms with E-state index in [-0.39, 0.29) is 5.75 Å². The summed E-state index contributed by atoms with van der Waals surface area (Å²) in [5, 5.41) is 9.44. The molecule has 68 valence electrons. The van der Waals surface area contributed by atoms with Crippen molar-refractivity contribution in [2.24, 2.45) is 0 Å². The lowest BCUT2D eigenvalue weighted by Gasteiger charge is -1.98. The van der Waals surface area contributed by atoms with Gasteiger partial charge in [0.25, 0.3) is 0 Å². The molecule has 1 N–H and O–H groups in total. The number of aryl methyl sites for hydroxylation is 1. The van der Waals surface area contributed by atoms with Crippen LogP contribution in [-0.4, -0.2) is 5.11 Å². The van der Waals surface area contributed by atoms with Gasteiger partial charge in [0.1, 0.15) is 5.75 Å². The molecule has 0 unspecified atom stereocenters. The van der Waals surface area contributed by atoms with Gasteiger partial charge in [0, 0.05) is 0 Å². The molecule has 0 heterocycles. The molecule has 0 amide bonds. The van der Waals surface area contributed by atoms with Gasteiger partial charge in [-0.15, -0.1) is 0 Å². The van der Waals surface area contributed by atoms with Crippen LogP contribution < -0.4 is 0 Å². The van der Waals surface area contributed by atoms with Crippen LogP contribution in [0.1, 0.15) is 26.3 Å². The maximum absolute atomic E-state index is 9.01. The van der Waals surface area contributed by atoms with Crippen molar-refractivity contribution in [3.63, 3.8) is 0 Å². The number of halogens is 1. The molecule has 12 heavy (non-hydrogen) atoms. The van der Waals surface area contributed by atoms with E-state index in [2.05, 4.69) is 0 Å². The fraction of sp³-hybridized carbons (Fsp3) is 0.400. The zero-order valence-corrected chi connectivity index (χ0v) is 8.52. The summed E-state index contributed by atoms with van der Waals surface area (Å²) in [5.41, 5.74) is 1.14. The maximum Gasteiger partial charge on any atom is 0.134 e. The summed E-state index contributed by atoms with van der Waals surface area (Å²) in [6, 6.07) is 5.25. The van der Waals surface area contributed by atoms with E-state index in [1.807, 2.05) is 26.8 Å². The highest BCUT2D eigenvalue weighted by Gasteiger charge is 1.96. The Hall–Kier alpha value is -0.690. The van der Waals surface area contributed by atoms with Crippen LogP contribution in [0.5, 0.6) is 5.75 Å². The highest BCUT2D eigenvalue weighted by Crippen LogP contribution is 2.23. The quantitative estimate of drug-likeness (QED) is 0.710. The Bertz CT molecular complexity index is 233. The van der Waals surface area contributed by atoms with Crippen molar-refractivity contribution in [1.29, 1.82) is 0 Å². The molecule has 0 saturated carbocycles. The molecule has 1 aromatic rings. The third-order valence-electron chi connectivity index (χ3n) is 1.42. The fourth-order valence-electron chi connectivity index (χ4n) is 0.770. The number of aromatic hydroxyl groups is 1. The molecule has 0 spiro atoms. The molecule has 0 atom stereocenters. The summed E-state index contributed by atoms with van der Waals surface area (Å²) in [7, 11) is 0. The van der Waals surface area contributed by atoms with E-state index in [4.69, 9.17) is 16.7 Å². The van der Waals surface area contributed by atoms with Gasteiger partial charge in [-0.2, -0.15) is 0 Å². The lowest BCUT2D eigenvalue weighted by molar-refractivity contribution is 0.475. The van der Waals surface area contributed by atoms with Gasteiger partial charge in [0.2, 0.25) is 0 Å². The van der Waals surface area contributed by atoms with Crippen molar-refractivity contribution < 1.29 is 5.11 Å². The van der Waals surface area contributed by atoms with Gasteiger partial charge in [-0.25, -0.2) is 0 Å². The number of hydrogen-bond donors (Lipinski definition) is 1.